The van der Waals surface area contributed by atoms with E-state index in [1.54, 1.807) is 19.2 Å². The van der Waals surface area contributed by atoms with Crippen molar-refractivity contribution in [1.29, 1.82) is 0 Å². The van der Waals surface area contributed by atoms with Crippen LogP contribution in [0.25, 0.3) is 16.7 Å². The van der Waals surface area contributed by atoms with Gasteiger partial charge in [-0.05, 0) is 37.6 Å². The van der Waals surface area contributed by atoms with E-state index < -0.39 is 11.9 Å². The van der Waals surface area contributed by atoms with Crippen molar-refractivity contribution in [3.05, 3.63) is 76.4 Å². The molecule has 10 nitrogen and oxygen atoms in total. The van der Waals surface area contributed by atoms with E-state index in [1.165, 1.54) is 40.6 Å². The molecular weight excluding hydrogens is 440 g/mol. The highest BCUT2D eigenvalue weighted by Crippen LogP contribution is 2.13. The summed E-state index contributed by atoms with van der Waals surface area (Å²) < 4.78 is 18.5. The van der Waals surface area contributed by atoms with Crippen LogP contribution in [0.2, 0.25) is 0 Å². The van der Waals surface area contributed by atoms with E-state index in [9.17, 15) is 14.4 Å². The van der Waals surface area contributed by atoms with Crippen LogP contribution in [0.5, 0.6) is 0 Å². The molecule has 0 aromatic carbocycles. The lowest BCUT2D eigenvalue weighted by Gasteiger charge is -2.15. The fraction of sp³-hybridized carbons (Fsp3) is 0.292. The Morgan fingerprint density at radius 1 is 1.29 bits per heavy atom. The molecule has 0 aliphatic carbocycles. The summed E-state index contributed by atoms with van der Waals surface area (Å²) in [5.41, 5.74) is 1.11. The van der Waals surface area contributed by atoms with Gasteiger partial charge >= 0.3 is 5.97 Å². The fourth-order valence-electron chi connectivity index (χ4n) is 3.34. The quantitative estimate of drug-likeness (QED) is 0.205. The van der Waals surface area contributed by atoms with Gasteiger partial charge in [0.15, 0.2) is 12.1 Å². The van der Waals surface area contributed by atoms with Crippen molar-refractivity contribution in [3.63, 3.8) is 0 Å². The molecule has 178 valence electrons. The summed E-state index contributed by atoms with van der Waals surface area (Å²) in [5.74, 6) is -1.36. The van der Waals surface area contributed by atoms with Crippen LogP contribution in [-0.4, -0.2) is 52.8 Å². The molecule has 0 aliphatic rings. The molecular formula is C24H26N4O6. The molecule has 3 aromatic rings. The highest BCUT2D eigenvalue weighted by Gasteiger charge is 2.20. The van der Waals surface area contributed by atoms with Crippen molar-refractivity contribution < 1.29 is 23.8 Å². The van der Waals surface area contributed by atoms with Gasteiger partial charge in [-0.1, -0.05) is 18.7 Å². The summed E-state index contributed by atoms with van der Waals surface area (Å²) in [4.78, 5) is 47.5. The van der Waals surface area contributed by atoms with Gasteiger partial charge in [0.2, 0.25) is 0 Å². The largest absolute Gasteiger partial charge is 0.491 e. The Bertz CT molecular complexity index is 1400. The van der Waals surface area contributed by atoms with Crippen molar-refractivity contribution in [2.45, 2.75) is 20.4 Å². The van der Waals surface area contributed by atoms with Crippen LogP contribution in [0.4, 0.5) is 0 Å². The smallest absolute Gasteiger partial charge is 0.341 e. The van der Waals surface area contributed by atoms with Crippen LogP contribution in [-0.2, 0) is 25.5 Å². The molecule has 0 unspecified atom stereocenters. The van der Waals surface area contributed by atoms with E-state index in [0.717, 1.165) is 5.56 Å². The minimum atomic E-state index is -0.719. The van der Waals surface area contributed by atoms with Crippen LogP contribution in [0, 0.1) is 6.92 Å². The first-order chi connectivity index (χ1) is 16.4. The Hall–Kier alpha value is -4.05. The van der Waals surface area contributed by atoms with E-state index in [1.807, 2.05) is 13.0 Å². The number of ether oxygens (including phenoxy) is 3. The molecule has 0 saturated carbocycles. The number of esters is 1. The van der Waals surface area contributed by atoms with Crippen molar-refractivity contribution in [2.24, 2.45) is 4.99 Å². The van der Waals surface area contributed by atoms with Crippen molar-refractivity contribution >= 4 is 28.6 Å². The average molecular weight is 466 g/mol. The maximum Gasteiger partial charge on any atom is 0.341 e. The molecule has 3 rings (SSSR count). The predicted molar refractivity (Wildman–Crippen MR) is 125 cm³/mol. The van der Waals surface area contributed by atoms with Crippen molar-refractivity contribution in [3.8, 4) is 0 Å². The number of rotatable bonds is 9. The minimum absolute atomic E-state index is 0.00846. The summed E-state index contributed by atoms with van der Waals surface area (Å²) in [6.45, 7) is 7.16. The van der Waals surface area contributed by atoms with Crippen molar-refractivity contribution in [2.75, 3.05) is 26.9 Å². The molecule has 3 aromatic heterocycles. The number of aryl methyl sites for hydroxylation is 1. The lowest BCUT2D eigenvalue weighted by molar-refractivity contribution is -0.120. The number of methoxy groups -OCH3 is 1. The zero-order valence-electron chi connectivity index (χ0n) is 19.3. The highest BCUT2D eigenvalue weighted by atomic mass is 16.5. The SMILES string of the molecule is C=C/C=C/OCC(=O)N=c1c(C(=O)OCC)cc2c(=O)n3cccc(C)c3nc2n1CCOC. The number of fused-ring (bicyclic) bond motifs is 2. The fourth-order valence-corrected chi connectivity index (χ4v) is 3.34. The van der Waals surface area contributed by atoms with Crippen LogP contribution >= 0.6 is 0 Å². The zero-order chi connectivity index (χ0) is 24.7. The summed E-state index contributed by atoms with van der Waals surface area (Å²) >= 11 is 0. The number of amides is 1. The number of hydrogen-bond acceptors (Lipinski definition) is 7. The number of nitrogens with zero attached hydrogens (tertiary/aromatic N) is 4. The lowest BCUT2D eigenvalue weighted by Crippen LogP contribution is -2.34. The molecule has 0 spiro atoms. The Balaban J connectivity index is 2.38. The molecule has 34 heavy (non-hydrogen) atoms. The van der Waals surface area contributed by atoms with Gasteiger partial charge in [-0.2, -0.15) is 4.99 Å². The maximum absolute atomic E-state index is 13.3. The van der Waals surface area contributed by atoms with Gasteiger partial charge < -0.3 is 18.8 Å². The van der Waals surface area contributed by atoms with Crippen LogP contribution < -0.4 is 11.0 Å². The Morgan fingerprint density at radius 3 is 2.79 bits per heavy atom. The van der Waals surface area contributed by atoms with Gasteiger partial charge in [0, 0.05) is 19.9 Å². The number of carbonyl (C=O) groups excluding carboxylic acids is 2. The van der Waals surface area contributed by atoms with Crippen LogP contribution in [0.1, 0.15) is 22.8 Å². The minimum Gasteiger partial charge on any atom is -0.491 e. The summed E-state index contributed by atoms with van der Waals surface area (Å²) in [6.07, 6.45) is 5.94. The Kier molecular flexibility index (Phi) is 8.10. The van der Waals surface area contributed by atoms with E-state index in [0.29, 0.717) is 5.65 Å². The van der Waals surface area contributed by atoms with Gasteiger partial charge in [0.1, 0.15) is 16.9 Å². The van der Waals surface area contributed by atoms with Crippen molar-refractivity contribution in [1.82, 2.24) is 14.0 Å². The zero-order valence-corrected chi connectivity index (χ0v) is 19.3. The number of pyridine rings is 2. The third-order valence-corrected chi connectivity index (χ3v) is 4.87. The molecule has 0 fully saturated rings. The van der Waals surface area contributed by atoms with E-state index in [-0.39, 0.29) is 54.0 Å². The standard InChI is InChI=1S/C24H26N4O6/c1-5-7-12-33-15-19(29)25-22-18(24(31)34-6-2)14-17-21(27(22)11-13-32-4)26-20-16(3)9-8-10-28(20)23(17)30/h5,7-10,12,14H,1,6,11,13,15H2,2-4H3/b12-7+,25-22?. The second-order valence-electron chi connectivity index (χ2n) is 7.17. The maximum atomic E-state index is 13.3. The van der Waals surface area contributed by atoms with Gasteiger partial charge in [-0.15, -0.1) is 0 Å². The first-order valence-corrected chi connectivity index (χ1v) is 10.6. The molecule has 0 N–H and O–H groups in total. The third kappa shape index (κ3) is 5.12. The monoisotopic (exact) mass is 466 g/mol. The number of allylic oxidation sites excluding steroid dienone is 2. The number of hydrogen-bond donors (Lipinski definition) is 0. The van der Waals surface area contributed by atoms with Gasteiger partial charge in [-0.25, -0.2) is 9.78 Å². The van der Waals surface area contributed by atoms with Crippen LogP contribution in [0.15, 0.2) is 59.2 Å². The summed E-state index contributed by atoms with van der Waals surface area (Å²) in [5, 5.41) is 0.179. The first kappa shape index (κ1) is 24.6. The molecule has 1 amide bonds. The number of aromatic nitrogens is 3. The Labute approximate surface area is 195 Å². The van der Waals surface area contributed by atoms with E-state index in [2.05, 4.69) is 16.6 Å². The highest BCUT2D eigenvalue weighted by molar-refractivity contribution is 5.93. The lowest BCUT2D eigenvalue weighted by atomic mass is 10.2. The molecule has 3 heterocycles. The molecule has 0 aliphatic heterocycles. The third-order valence-electron chi connectivity index (χ3n) is 4.87. The molecule has 10 heteroatoms. The molecule has 0 bridgehead atoms. The van der Waals surface area contributed by atoms with E-state index in [4.69, 9.17) is 14.2 Å². The van der Waals surface area contributed by atoms with Crippen LogP contribution in [0.3, 0.4) is 0 Å². The number of carbonyl (C=O) groups is 2. The second kappa shape index (κ2) is 11.2. The molecule has 0 radical (unpaired) electrons. The normalized spacial score (nSPS) is 11.9. The first-order valence-electron chi connectivity index (χ1n) is 10.6. The van der Waals surface area contributed by atoms with Gasteiger partial charge in [0.25, 0.3) is 11.5 Å². The second-order valence-corrected chi connectivity index (χ2v) is 7.17. The predicted octanol–water partition coefficient (Wildman–Crippen LogP) is 1.92. The molecule has 0 saturated heterocycles. The summed E-state index contributed by atoms with van der Waals surface area (Å²) in [7, 11) is 1.52. The topological polar surface area (TPSA) is 113 Å². The van der Waals surface area contributed by atoms with Gasteiger partial charge in [-0.3, -0.25) is 14.0 Å². The Morgan fingerprint density at radius 2 is 2.09 bits per heavy atom. The molecule has 0 atom stereocenters. The van der Waals surface area contributed by atoms with E-state index >= 15 is 0 Å². The average Bonchev–Trinajstić information content (AvgIpc) is 2.82. The van der Waals surface area contributed by atoms with Gasteiger partial charge in [0.05, 0.1) is 24.9 Å². The summed E-state index contributed by atoms with van der Waals surface area (Å²) in [6, 6.07) is 4.94.